The molecular weight excluding hydrogens is 120 g/mol. The van der Waals surface area contributed by atoms with E-state index >= 15 is 0 Å². The summed E-state index contributed by atoms with van der Waals surface area (Å²) >= 11 is 0. The summed E-state index contributed by atoms with van der Waals surface area (Å²) in [7, 11) is 0. The molecule has 56 valence electrons. The third-order valence-corrected chi connectivity index (χ3v) is 1.96. The average molecular weight is 136 g/mol. The second-order valence-corrected chi connectivity index (χ2v) is 3.12. The summed E-state index contributed by atoms with van der Waals surface area (Å²) in [5.41, 5.74) is 3.14. The lowest BCUT2D eigenvalue weighted by Crippen LogP contribution is -1.79. The lowest BCUT2D eigenvalue weighted by molar-refractivity contribution is 0.775. The molecule has 0 aliphatic heterocycles. The van der Waals surface area contributed by atoms with Crippen LogP contribution in [0.25, 0.3) is 0 Å². The fourth-order valence-corrected chi connectivity index (χ4v) is 1.31. The van der Waals surface area contributed by atoms with E-state index in [1.54, 1.807) is 5.57 Å². The first-order valence-corrected chi connectivity index (χ1v) is 4.18. The van der Waals surface area contributed by atoms with Crippen molar-refractivity contribution in [2.45, 2.75) is 39.5 Å². The molecule has 1 aliphatic carbocycles. The van der Waals surface area contributed by atoms with E-state index in [0.717, 1.165) is 0 Å². The molecule has 0 spiro atoms. The van der Waals surface area contributed by atoms with Crippen LogP contribution in [0.2, 0.25) is 0 Å². The monoisotopic (exact) mass is 136 g/mol. The first-order chi connectivity index (χ1) is 4.83. The van der Waals surface area contributed by atoms with E-state index in [4.69, 9.17) is 0 Å². The molecule has 0 N–H and O–H groups in total. The van der Waals surface area contributed by atoms with E-state index in [0.29, 0.717) is 0 Å². The van der Waals surface area contributed by atoms with Crippen molar-refractivity contribution in [2.24, 2.45) is 0 Å². The highest BCUT2D eigenvalue weighted by molar-refractivity contribution is 5.28. The van der Waals surface area contributed by atoms with Crippen LogP contribution < -0.4 is 0 Å². The van der Waals surface area contributed by atoms with E-state index in [1.165, 1.54) is 31.3 Å². The van der Waals surface area contributed by atoms with E-state index in [2.05, 4.69) is 26.0 Å². The number of rotatable bonds is 3. The minimum Gasteiger partial charge on any atom is -0.0693 e. The Morgan fingerprint density at radius 1 is 1.40 bits per heavy atom. The molecule has 0 aromatic heterocycles. The molecular formula is C10H16. The van der Waals surface area contributed by atoms with Gasteiger partial charge < -0.3 is 0 Å². The molecule has 1 rings (SSSR count). The van der Waals surface area contributed by atoms with Crippen LogP contribution in [0.4, 0.5) is 0 Å². The van der Waals surface area contributed by atoms with Crippen molar-refractivity contribution in [3.63, 3.8) is 0 Å². The maximum absolute atomic E-state index is 2.28. The zero-order valence-electron chi connectivity index (χ0n) is 6.98. The van der Waals surface area contributed by atoms with Gasteiger partial charge in [0.1, 0.15) is 0 Å². The molecule has 0 saturated carbocycles. The van der Waals surface area contributed by atoms with Gasteiger partial charge in [0.15, 0.2) is 0 Å². The number of unbranched alkanes of at least 4 members (excludes halogenated alkanes) is 1. The maximum Gasteiger partial charge on any atom is -0.0105 e. The standard InChI is InChI=1S/C10H16/c1-3-4-5-10-7-6-9(2)8-10/h6-7H,3-5,8H2,1-2H3. The van der Waals surface area contributed by atoms with Crippen LogP contribution >= 0.6 is 0 Å². The van der Waals surface area contributed by atoms with Gasteiger partial charge in [0.25, 0.3) is 0 Å². The van der Waals surface area contributed by atoms with Crippen LogP contribution in [0.1, 0.15) is 39.5 Å². The van der Waals surface area contributed by atoms with E-state index in [-0.39, 0.29) is 0 Å². The Labute approximate surface area is 63.6 Å². The Bertz CT molecular complexity index is 161. The molecule has 10 heavy (non-hydrogen) atoms. The maximum atomic E-state index is 2.28. The molecule has 0 nitrogen and oxygen atoms in total. The lowest BCUT2D eigenvalue weighted by Gasteiger charge is -1.99. The molecule has 0 aromatic rings. The number of hydrogen-bond donors (Lipinski definition) is 0. The highest BCUT2D eigenvalue weighted by atomic mass is 14.1. The topological polar surface area (TPSA) is 0 Å². The Balaban J connectivity index is 2.22. The van der Waals surface area contributed by atoms with Crippen molar-refractivity contribution < 1.29 is 0 Å². The van der Waals surface area contributed by atoms with Gasteiger partial charge in [0.05, 0.1) is 0 Å². The van der Waals surface area contributed by atoms with Crippen LogP contribution in [0, 0.1) is 0 Å². The molecule has 0 amide bonds. The fourth-order valence-electron chi connectivity index (χ4n) is 1.31. The zero-order chi connectivity index (χ0) is 7.40. The summed E-state index contributed by atoms with van der Waals surface area (Å²) in [5, 5.41) is 0. The van der Waals surface area contributed by atoms with Crippen LogP contribution in [0.3, 0.4) is 0 Å². The molecule has 0 bridgehead atoms. The van der Waals surface area contributed by atoms with Crippen molar-refractivity contribution in [3.05, 3.63) is 23.3 Å². The molecule has 0 saturated heterocycles. The summed E-state index contributed by atoms with van der Waals surface area (Å²) < 4.78 is 0. The quantitative estimate of drug-likeness (QED) is 0.557. The number of hydrogen-bond acceptors (Lipinski definition) is 0. The third kappa shape index (κ3) is 2.02. The Morgan fingerprint density at radius 2 is 2.20 bits per heavy atom. The van der Waals surface area contributed by atoms with E-state index in [9.17, 15) is 0 Å². The minimum atomic E-state index is 1.24. The zero-order valence-corrected chi connectivity index (χ0v) is 6.98. The van der Waals surface area contributed by atoms with Gasteiger partial charge in [-0.15, -0.1) is 0 Å². The molecule has 0 aromatic carbocycles. The first kappa shape index (κ1) is 7.59. The normalized spacial score (nSPS) is 17.0. The van der Waals surface area contributed by atoms with Crippen molar-refractivity contribution in [3.8, 4) is 0 Å². The second-order valence-electron chi connectivity index (χ2n) is 3.12. The molecule has 0 unspecified atom stereocenters. The number of allylic oxidation sites excluding steroid dienone is 4. The summed E-state index contributed by atoms with van der Waals surface area (Å²) in [6.07, 6.45) is 9.74. The van der Waals surface area contributed by atoms with Crippen LogP contribution in [0.15, 0.2) is 23.3 Å². The van der Waals surface area contributed by atoms with Crippen molar-refractivity contribution in [1.82, 2.24) is 0 Å². The van der Waals surface area contributed by atoms with Crippen molar-refractivity contribution in [1.29, 1.82) is 0 Å². The second kappa shape index (κ2) is 3.60. The largest absolute Gasteiger partial charge is 0.0693 e. The van der Waals surface area contributed by atoms with Gasteiger partial charge in [-0.25, -0.2) is 0 Å². The summed E-state index contributed by atoms with van der Waals surface area (Å²) in [5.74, 6) is 0. The van der Waals surface area contributed by atoms with Gasteiger partial charge in [0, 0.05) is 0 Å². The summed E-state index contributed by atoms with van der Waals surface area (Å²) in [4.78, 5) is 0. The van der Waals surface area contributed by atoms with Gasteiger partial charge in [-0.2, -0.15) is 0 Å². The predicted molar refractivity (Wildman–Crippen MR) is 46.0 cm³/mol. The van der Waals surface area contributed by atoms with Crippen LogP contribution in [-0.2, 0) is 0 Å². The lowest BCUT2D eigenvalue weighted by atomic mass is 10.1. The fraction of sp³-hybridized carbons (Fsp3) is 0.600. The first-order valence-electron chi connectivity index (χ1n) is 4.18. The highest BCUT2D eigenvalue weighted by Gasteiger charge is 2.02. The Morgan fingerprint density at radius 3 is 2.70 bits per heavy atom. The third-order valence-electron chi connectivity index (χ3n) is 1.96. The average Bonchev–Trinajstić information content (AvgIpc) is 2.31. The van der Waals surface area contributed by atoms with E-state index < -0.39 is 0 Å². The van der Waals surface area contributed by atoms with Gasteiger partial charge in [-0.3, -0.25) is 0 Å². The minimum absolute atomic E-state index is 1.24. The summed E-state index contributed by atoms with van der Waals surface area (Å²) in [6.45, 7) is 4.45. The molecule has 0 heterocycles. The predicted octanol–water partition coefficient (Wildman–Crippen LogP) is 3.45. The van der Waals surface area contributed by atoms with Crippen molar-refractivity contribution >= 4 is 0 Å². The van der Waals surface area contributed by atoms with Crippen molar-refractivity contribution in [2.75, 3.05) is 0 Å². The van der Waals surface area contributed by atoms with Gasteiger partial charge >= 0.3 is 0 Å². The van der Waals surface area contributed by atoms with Gasteiger partial charge in [-0.05, 0) is 26.2 Å². The Hall–Kier alpha value is -0.520. The molecule has 1 aliphatic rings. The molecule has 0 atom stereocenters. The molecule has 0 heteroatoms. The van der Waals surface area contributed by atoms with Crippen LogP contribution in [0.5, 0.6) is 0 Å². The highest BCUT2D eigenvalue weighted by Crippen LogP contribution is 2.22. The van der Waals surface area contributed by atoms with E-state index in [1.807, 2.05) is 0 Å². The molecule has 0 fully saturated rings. The van der Waals surface area contributed by atoms with Crippen LogP contribution in [-0.4, -0.2) is 0 Å². The smallest absolute Gasteiger partial charge is 0.0105 e. The summed E-state index contributed by atoms with van der Waals surface area (Å²) in [6, 6.07) is 0. The molecule has 0 radical (unpaired) electrons. The van der Waals surface area contributed by atoms with Gasteiger partial charge in [-0.1, -0.05) is 36.6 Å². The Kier molecular flexibility index (Phi) is 2.73. The SMILES string of the molecule is CCCCC1=CC=C(C)C1. The van der Waals surface area contributed by atoms with Gasteiger partial charge in [0.2, 0.25) is 0 Å².